The van der Waals surface area contributed by atoms with Crippen LogP contribution >= 0.6 is 0 Å². The molecule has 0 radical (unpaired) electrons. The highest BCUT2D eigenvalue weighted by molar-refractivity contribution is 5.90. The van der Waals surface area contributed by atoms with E-state index in [1.54, 1.807) is 6.20 Å². The van der Waals surface area contributed by atoms with Crippen molar-refractivity contribution in [3.05, 3.63) is 18.3 Å². The van der Waals surface area contributed by atoms with Gasteiger partial charge in [-0.3, -0.25) is 4.79 Å². The lowest BCUT2D eigenvalue weighted by Crippen LogP contribution is -2.19. The number of rotatable bonds is 4. The largest absolute Gasteiger partial charge is 0.368 e. The van der Waals surface area contributed by atoms with Crippen LogP contribution in [0.15, 0.2) is 18.3 Å². The number of nitrogens with one attached hydrogen (secondary N) is 2. The molecule has 1 aromatic rings. The number of hydrogen-bond donors (Lipinski definition) is 2. The molecule has 0 aliphatic heterocycles. The van der Waals surface area contributed by atoms with Crippen LogP contribution in [0.25, 0.3) is 0 Å². The van der Waals surface area contributed by atoms with Crippen LogP contribution in [0.3, 0.4) is 0 Å². The normalized spacial score (nSPS) is 11.4. The number of nitrogens with zero attached hydrogens (tertiary/aromatic N) is 1. The Hall–Kier alpha value is -1.58. The predicted octanol–water partition coefficient (Wildman–Crippen LogP) is 3.28. The summed E-state index contributed by atoms with van der Waals surface area (Å²) in [4.78, 5) is 16.0. The molecule has 1 amide bonds. The first-order valence-electron chi connectivity index (χ1n) is 6.29. The first kappa shape index (κ1) is 14.5. The zero-order chi connectivity index (χ0) is 13.8. The fourth-order valence-corrected chi connectivity index (χ4v) is 1.54. The third-order valence-electron chi connectivity index (χ3n) is 2.17. The second-order valence-electron chi connectivity index (χ2n) is 6.02. The molecule has 0 fully saturated rings. The number of carbonyl (C=O) groups excluding carboxylic acids is 1. The summed E-state index contributed by atoms with van der Waals surface area (Å²) in [6, 6.07) is 4.07. The van der Waals surface area contributed by atoms with Gasteiger partial charge < -0.3 is 10.6 Å². The van der Waals surface area contributed by atoms with Crippen LogP contribution in [-0.2, 0) is 4.79 Å². The van der Waals surface area contributed by atoms with Crippen molar-refractivity contribution in [1.29, 1.82) is 0 Å². The minimum atomic E-state index is -0.00332. The van der Waals surface area contributed by atoms with E-state index in [1.807, 2.05) is 32.9 Å². The molecule has 2 N–H and O–H groups in total. The van der Waals surface area contributed by atoms with E-state index in [-0.39, 0.29) is 11.3 Å². The van der Waals surface area contributed by atoms with Gasteiger partial charge in [0.1, 0.15) is 5.82 Å². The molecule has 0 saturated carbocycles. The zero-order valence-corrected chi connectivity index (χ0v) is 11.9. The fourth-order valence-electron chi connectivity index (χ4n) is 1.54. The summed E-state index contributed by atoms with van der Waals surface area (Å²) in [7, 11) is 0. The molecule has 0 atom stereocenters. The van der Waals surface area contributed by atoms with Crippen molar-refractivity contribution in [2.45, 2.75) is 47.1 Å². The van der Waals surface area contributed by atoms with Gasteiger partial charge in [0.2, 0.25) is 5.91 Å². The third kappa shape index (κ3) is 5.66. The summed E-state index contributed by atoms with van der Waals surface area (Å²) in [5, 5.41) is 6.05. The van der Waals surface area contributed by atoms with Crippen LogP contribution < -0.4 is 10.6 Å². The molecular formula is C14H23N3O. The highest BCUT2D eigenvalue weighted by Crippen LogP contribution is 2.19. The number of amides is 1. The van der Waals surface area contributed by atoms with E-state index in [1.165, 1.54) is 0 Å². The Labute approximate surface area is 109 Å². The van der Waals surface area contributed by atoms with E-state index in [2.05, 4.69) is 29.5 Å². The van der Waals surface area contributed by atoms with Crippen LogP contribution in [0.5, 0.6) is 0 Å². The lowest BCUT2D eigenvalue weighted by Gasteiger charge is -2.17. The van der Waals surface area contributed by atoms with Gasteiger partial charge in [-0.15, -0.1) is 0 Å². The second-order valence-corrected chi connectivity index (χ2v) is 6.02. The minimum Gasteiger partial charge on any atom is -0.368 e. The summed E-state index contributed by atoms with van der Waals surface area (Å²) in [5.41, 5.74) is 0.731. The molecule has 0 bridgehead atoms. The Morgan fingerprint density at radius 2 is 2.00 bits per heavy atom. The van der Waals surface area contributed by atoms with Gasteiger partial charge in [0.05, 0.1) is 11.9 Å². The van der Waals surface area contributed by atoms with Crippen molar-refractivity contribution < 1.29 is 4.79 Å². The van der Waals surface area contributed by atoms with Gasteiger partial charge in [0.25, 0.3) is 0 Å². The van der Waals surface area contributed by atoms with E-state index in [0.717, 1.165) is 11.5 Å². The Kier molecular flexibility index (Phi) is 4.70. The Balaban J connectivity index is 2.56. The number of carbonyl (C=O) groups is 1. The summed E-state index contributed by atoms with van der Waals surface area (Å²) in [6.07, 6.45) is 2.17. The van der Waals surface area contributed by atoms with E-state index in [9.17, 15) is 4.79 Å². The lowest BCUT2D eigenvalue weighted by molar-refractivity contribution is -0.117. The van der Waals surface area contributed by atoms with Gasteiger partial charge in [-0.25, -0.2) is 4.98 Å². The van der Waals surface area contributed by atoms with E-state index in [0.29, 0.717) is 12.5 Å². The topological polar surface area (TPSA) is 54.0 Å². The first-order valence-corrected chi connectivity index (χ1v) is 6.29. The molecule has 0 saturated heterocycles. The quantitative estimate of drug-likeness (QED) is 0.861. The molecule has 0 aromatic carbocycles. The molecule has 1 heterocycles. The van der Waals surface area contributed by atoms with Crippen LogP contribution in [-0.4, -0.2) is 16.9 Å². The highest BCUT2D eigenvalue weighted by Gasteiger charge is 2.15. The Morgan fingerprint density at radius 3 is 2.44 bits per heavy atom. The molecular weight excluding hydrogens is 226 g/mol. The van der Waals surface area contributed by atoms with Crippen LogP contribution in [0.2, 0.25) is 0 Å². The van der Waals surface area contributed by atoms with Crippen molar-refractivity contribution in [3.63, 3.8) is 0 Å². The molecule has 0 aliphatic carbocycles. The van der Waals surface area contributed by atoms with Crippen molar-refractivity contribution in [2.24, 2.45) is 5.41 Å². The lowest BCUT2D eigenvalue weighted by atomic mass is 9.92. The van der Waals surface area contributed by atoms with Gasteiger partial charge in [0, 0.05) is 12.5 Å². The van der Waals surface area contributed by atoms with Gasteiger partial charge in [-0.1, -0.05) is 20.8 Å². The summed E-state index contributed by atoms with van der Waals surface area (Å²) >= 11 is 0. The van der Waals surface area contributed by atoms with Crippen LogP contribution in [0.4, 0.5) is 11.5 Å². The number of hydrogen-bond acceptors (Lipinski definition) is 3. The molecule has 1 aromatic heterocycles. The number of anilines is 2. The van der Waals surface area contributed by atoms with Crippen molar-refractivity contribution in [1.82, 2.24) is 4.98 Å². The van der Waals surface area contributed by atoms with Crippen molar-refractivity contribution in [3.8, 4) is 0 Å². The maximum absolute atomic E-state index is 11.7. The molecule has 0 spiro atoms. The predicted molar refractivity (Wildman–Crippen MR) is 75.7 cm³/mol. The van der Waals surface area contributed by atoms with E-state index >= 15 is 0 Å². The standard InChI is InChI=1S/C14H23N3O/c1-10(2)16-12-7-6-11(9-15-12)17-13(18)8-14(3,4)5/h6-7,9-10H,8H2,1-5H3,(H,15,16)(H,17,18). The van der Waals surface area contributed by atoms with Gasteiger partial charge in [-0.05, 0) is 31.4 Å². The smallest absolute Gasteiger partial charge is 0.224 e. The van der Waals surface area contributed by atoms with Gasteiger partial charge >= 0.3 is 0 Å². The summed E-state index contributed by atoms with van der Waals surface area (Å²) in [6.45, 7) is 10.2. The first-order chi connectivity index (χ1) is 8.26. The average molecular weight is 249 g/mol. The monoisotopic (exact) mass is 249 g/mol. The molecule has 100 valence electrons. The molecule has 4 nitrogen and oxygen atoms in total. The highest BCUT2D eigenvalue weighted by atomic mass is 16.1. The van der Waals surface area contributed by atoms with Crippen molar-refractivity contribution in [2.75, 3.05) is 10.6 Å². The van der Waals surface area contributed by atoms with Gasteiger partial charge in [0.15, 0.2) is 0 Å². The van der Waals surface area contributed by atoms with E-state index in [4.69, 9.17) is 0 Å². The molecule has 4 heteroatoms. The van der Waals surface area contributed by atoms with E-state index < -0.39 is 0 Å². The molecule has 0 aliphatic rings. The maximum Gasteiger partial charge on any atom is 0.224 e. The Morgan fingerprint density at radius 1 is 1.33 bits per heavy atom. The van der Waals surface area contributed by atoms with Crippen LogP contribution in [0.1, 0.15) is 41.0 Å². The average Bonchev–Trinajstić information content (AvgIpc) is 2.17. The maximum atomic E-state index is 11.7. The third-order valence-corrected chi connectivity index (χ3v) is 2.17. The summed E-state index contributed by atoms with van der Waals surface area (Å²) in [5.74, 6) is 0.840. The number of aromatic nitrogens is 1. The number of pyridine rings is 1. The second kappa shape index (κ2) is 5.85. The molecule has 0 unspecified atom stereocenters. The zero-order valence-electron chi connectivity index (χ0n) is 11.9. The SMILES string of the molecule is CC(C)Nc1ccc(NC(=O)CC(C)(C)C)cn1. The van der Waals surface area contributed by atoms with Gasteiger partial charge in [-0.2, -0.15) is 0 Å². The molecule has 1 rings (SSSR count). The van der Waals surface area contributed by atoms with Crippen LogP contribution in [0, 0.1) is 5.41 Å². The summed E-state index contributed by atoms with van der Waals surface area (Å²) < 4.78 is 0. The minimum absolute atomic E-state index is 0.00332. The molecule has 18 heavy (non-hydrogen) atoms. The van der Waals surface area contributed by atoms with Crippen molar-refractivity contribution >= 4 is 17.4 Å². The Bertz CT molecular complexity index is 390. The fraction of sp³-hybridized carbons (Fsp3) is 0.571.